The molecule has 53 heavy (non-hydrogen) atoms. The fourth-order valence-electron chi connectivity index (χ4n) is 7.12. The quantitative estimate of drug-likeness (QED) is 0.0291. The summed E-state index contributed by atoms with van der Waals surface area (Å²) in [4.78, 5) is 38.7. The Hall–Kier alpha value is -1.91. The van der Waals surface area contributed by atoms with Gasteiger partial charge in [0.2, 0.25) is 0 Å². The van der Waals surface area contributed by atoms with Crippen molar-refractivity contribution in [3.8, 4) is 0 Å². The van der Waals surface area contributed by atoms with E-state index in [1.165, 1.54) is 128 Å². The molecule has 0 fully saturated rings. The lowest BCUT2D eigenvalue weighted by Crippen LogP contribution is -2.33. The molecule has 0 aromatic rings. The second-order valence-corrected chi connectivity index (χ2v) is 15.9. The third kappa shape index (κ3) is 35.5. The number of allylic oxidation sites excluding steroid dienone is 4. The van der Waals surface area contributed by atoms with Gasteiger partial charge in [-0.3, -0.25) is 9.59 Å². The maximum absolute atomic E-state index is 13.4. The highest BCUT2D eigenvalue weighted by Crippen LogP contribution is 2.21. The number of ether oxygens (including phenoxy) is 1. The van der Waals surface area contributed by atoms with Crippen molar-refractivity contribution in [2.45, 2.75) is 258 Å². The predicted molar refractivity (Wildman–Crippen MR) is 228 cm³/mol. The molecule has 1 N–H and O–H groups in total. The number of ketones is 1. The van der Waals surface area contributed by atoms with Gasteiger partial charge in [0.05, 0.1) is 0 Å². The fourth-order valence-corrected chi connectivity index (χ4v) is 7.12. The highest BCUT2D eigenvalue weighted by Gasteiger charge is 2.31. The molecule has 0 aliphatic heterocycles. The maximum Gasteiger partial charge on any atom is 0.345 e. The van der Waals surface area contributed by atoms with Gasteiger partial charge in [0.25, 0.3) is 0 Å². The van der Waals surface area contributed by atoms with Crippen LogP contribution < -0.4 is 0 Å². The van der Waals surface area contributed by atoms with Crippen LogP contribution in [0.4, 0.5) is 0 Å². The Morgan fingerprint density at radius 3 is 1.13 bits per heavy atom. The van der Waals surface area contributed by atoms with Crippen molar-refractivity contribution in [2.24, 2.45) is 5.92 Å². The van der Waals surface area contributed by atoms with Crippen LogP contribution >= 0.6 is 0 Å². The van der Waals surface area contributed by atoms with E-state index in [1.54, 1.807) is 0 Å². The summed E-state index contributed by atoms with van der Waals surface area (Å²) in [6.07, 6.45) is 47.9. The molecule has 0 spiro atoms. The topological polar surface area (TPSA) is 80.7 Å². The lowest BCUT2D eigenvalue weighted by Gasteiger charge is -2.19. The van der Waals surface area contributed by atoms with Gasteiger partial charge >= 0.3 is 11.9 Å². The summed E-state index contributed by atoms with van der Waals surface area (Å²) in [6, 6.07) is 0. The lowest BCUT2D eigenvalue weighted by molar-refractivity contribution is -0.169. The fraction of sp³-hybridized carbons (Fsp3) is 0.854. The van der Waals surface area contributed by atoms with Gasteiger partial charge < -0.3 is 9.84 Å². The Labute approximate surface area is 329 Å². The number of hydrogen-bond donors (Lipinski definition) is 1. The summed E-state index contributed by atoms with van der Waals surface area (Å²) in [5, 5.41) is 9.83. The highest BCUT2D eigenvalue weighted by molar-refractivity contribution is 5.99. The number of Topliss-reactive ketones (excluding diaryl/α,β-unsaturated/α-hetero) is 1. The number of carboxylic acid groups (broad SMARTS) is 1. The van der Waals surface area contributed by atoms with E-state index in [1.807, 2.05) is 0 Å². The number of carbonyl (C=O) groups excluding carboxylic acids is 2. The molecule has 0 radical (unpaired) electrons. The molecular formula is C48H88O5. The minimum Gasteiger partial charge on any atom is -0.479 e. The Kier molecular flexibility index (Phi) is 39.8. The largest absolute Gasteiger partial charge is 0.479 e. The number of rotatable bonds is 42. The van der Waals surface area contributed by atoms with Crippen LogP contribution in [0.25, 0.3) is 0 Å². The van der Waals surface area contributed by atoms with Gasteiger partial charge in [0, 0.05) is 6.42 Å². The summed E-state index contributed by atoms with van der Waals surface area (Å²) in [5.74, 6) is -2.63. The first kappa shape index (κ1) is 51.1. The molecule has 2 atom stereocenters. The zero-order valence-electron chi connectivity index (χ0n) is 35.5. The number of unbranched alkanes of at least 4 members (excludes halogenated alkanes) is 28. The molecule has 0 aliphatic rings. The molecular weight excluding hydrogens is 657 g/mol. The van der Waals surface area contributed by atoms with Gasteiger partial charge in [0.15, 0.2) is 6.10 Å². The van der Waals surface area contributed by atoms with Crippen LogP contribution in [0.2, 0.25) is 0 Å². The predicted octanol–water partition coefficient (Wildman–Crippen LogP) is 15.4. The van der Waals surface area contributed by atoms with Gasteiger partial charge in [-0.05, 0) is 77.0 Å². The number of carboxylic acids is 1. The molecule has 0 aliphatic carbocycles. The zero-order valence-corrected chi connectivity index (χ0v) is 35.5. The van der Waals surface area contributed by atoms with Gasteiger partial charge in [-0.25, -0.2) is 4.79 Å². The Balaban J connectivity index is 4.63. The third-order valence-corrected chi connectivity index (χ3v) is 10.7. The summed E-state index contributed by atoms with van der Waals surface area (Å²) in [5.41, 5.74) is 0. The van der Waals surface area contributed by atoms with E-state index in [0.717, 1.165) is 83.5 Å². The highest BCUT2D eigenvalue weighted by atomic mass is 16.6. The molecule has 0 heterocycles. The summed E-state index contributed by atoms with van der Waals surface area (Å²) in [7, 11) is 0. The standard InChI is InChI=1S/C48H88O5/c1-4-7-10-13-16-19-21-23-25-27-29-31-33-36-39-42-45(49)44(41-38-35-32-30-28-26-24-22-20-17-14-11-8-5-2)48(52)53-46(47(50)51)43-40-37-34-18-15-12-9-6-3/h23-26,44,46H,4-22,27-43H2,1-3H3,(H,50,51). The van der Waals surface area contributed by atoms with Crippen molar-refractivity contribution in [3.63, 3.8) is 0 Å². The smallest absolute Gasteiger partial charge is 0.345 e. The average molecular weight is 745 g/mol. The Morgan fingerprint density at radius 1 is 0.434 bits per heavy atom. The van der Waals surface area contributed by atoms with Crippen LogP contribution in [0, 0.1) is 5.92 Å². The van der Waals surface area contributed by atoms with E-state index < -0.39 is 24.0 Å². The molecule has 2 unspecified atom stereocenters. The first-order chi connectivity index (χ1) is 26.0. The van der Waals surface area contributed by atoms with Crippen LogP contribution in [0.1, 0.15) is 252 Å². The van der Waals surface area contributed by atoms with E-state index >= 15 is 0 Å². The van der Waals surface area contributed by atoms with Crippen LogP contribution in [0.3, 0.4) is 0 Å². The van der Waals surface area contributed by atoms with E-state index in [0.29, 0.717) is 19.3 Å². The van der Waals surface area contributed by atoms with Gasteiger partial charge in [-0.1, -0.05) is 193 Å². The van der Waals surface area contributed by atoms with E-state index in [4.69, 9.17) is 4.74 Å². The average Bonchev–Trinajstić information content (AvgIpc) is 3.15. The minimum absolute atomic E-state index is 0.0681. The van der Waals surface area contributed by atoms with E-state index in [-0.39, 0.29) is 5.78 Å². The molecule has 0 aromatic heterocycles. The third-order valence-electron chi connectivity index (χ3n) is 10.7. The van der Waals surface area contributed by atoms with Crippen molar-refractivity contribution in [2.75, 3.05) is 0 Å². The molecule has 0 aromatic carbocycles. The molecule has 5 heteroatoms. The molecule has 0 bridgehead atoms. The molecule has 0 saturated carbocycles. The molecule has 310 valence electrons. The summed E-state index contributed by atoms with van der Waals surface area (Å²) < 4.78 is 5.58. The monoisotopic (exact) mass is 745 g/mol. The van der Waals surface area contributed by atoms with Crippen LogP contribution in [-0.4, -0.2) is 28.9 Å². The van der Waals surface area contributed by atoms with Crippen molar-refractivity contribution in [1.82, 2.24) is 0 Å². The van der Waals surface area contributed by atoms with Crippen LogP contribution in [0.5, 0.6) is 0 Å². The SMILES string of the molecule is CCCCCCCCC=CCCCCCCCC(=O)C(CCCCCCC=CCCCCCCCC)C(=O)OC(CCCCCCCCCC)C(=O)O. The van der Waals surface area contributed by atoms with Gasteiger partial charge in [0.1, 0.15) is 11.7 Å². The summed E-state index contributed by atoms with van der Waals surface area (Å²) >= 11 is 0. The Bertz CT molecular complexity index is 877. The van der Waals surface area contributed by atoms with Gasteiger partial charge in [-0.15, -0.1) is 0 Å². The van der Waals surface area contributed by atoms with E-state index in [9.17, 15) is 19.5 Å². The molecule has 0 saturated heterocycles. The molecule has 5 nitrogen and oxygen atoms in total. The second kappa shape index (κ2) is 41.3. The number of esters is 1. The summed E-state index contributed by atoms with van der Waals surface area (Å²) in [6.45, 7) is 6.73. The second-order valence-electron chi connectivity index (χ2n) is 15.9. The molecule has 0 rings (SSSR count). The first-order valence-electron chi connectivity index (χ1n) is 23.2. The lowest BCUT2D eigenvalue weighted by atomic mass is 9.92. The van der Waals surface area contributed by atoms with Crippen molar-refractivity contribution < 1.29 is 24.2 Å². The minimum atomic E-state index is -1.17. The van der Waals surface area contributed by atoms with Crippen molar-refractivity contribution in [1.29, 1.82) is 0 Å². The van der Waals surface area contributed by atoms with Crippen molar-refractivity contribution >= 4 is 17.7 Å². The Morgan fingerprint density at radius 2 is 0.755 bits per heavy atom. The maximum atomic E-state index is 13.4. The van der Waals surface area contributed by atoms with Crippen LogP contribution in [-0.2, 0) is 19.1 Å². The first-order valence-corrected chi connectivity index (χ1v) is 23.2. The number of aliphatic carboxylic acids is 1. The normalized spacial score (nSPS) is 12.9. The zero-order chi connectivity index (χ0) is 38.9. The number of hydrogen-bond acceptors (Lipinski definition) is 4. The van der Waals surface area contributed by atoms with Gasteiger partial charge in [-0.2, -0.15) is 0 Å². The molecule has 0 amide bonds. The van der Waals surface area contributed by atoms with Crippen molar-refractivity contribution in [3.05, 3.63) is 24.3 Å². The van der Waals surface area contributed by atoms with E-state index in [2.05, 4.69) is 45.1 Å². The van der Waals surface area contributed by atoms with Crippen LogP contribution in [0.15, 0.2) is 24.3 Å². The number of carbonyl (C=O) groups is 3.